The molecule has 0 unspecified atom stereocenters. The Balaban J connectivity index is 1.25. The molecule has 8 nitrogen and oxygen atoms in total. The van der Waals surface area contributed by atoms with E-state index >= 15 is 4.39 Å². The average molecular weight is 631 g/mol. The predicted octanol–water partition coefficient (Wildman–Crippen LogP) is 6.08. The van der Waals surface area contributed by atoms with Crippen molar-refractivity contribution in [1.29, 1.82) is 0 Å². The number of nitrogens with zero attached hydrogens (tertiary/aromatic N) is 5. The molecule has 3 fully saturated rings. The zero-order valence-corrected chi connectivity index (χ0v) is 27.0. The van der Waals surface area contributed by atoms with E-state index in [4.69, 9.17) is 10.8 Å². The smallest absolute Gasteiger partial charge is 0.255 e. The summed E-state index contributed by atoms with van der Waals surface area (Å²) in [6.07, 6.45) is 5.36. The van der Waals surface area contributed by atoms with E-state index in [9.17, 15) is 14.0 Å². The Morgan fingerprint density at radius 2 is 1.80 bits per heavy atom. The summed E-state index contributed by atoms with van der Waals surface area (Å²) in [5.41, 5.74) is 12.1. The van der Waals surface area contributed by atoms with Crippen molar-refractivity contribution < 1.29 is 18.4 Å². The fourth-order valence-electron chi connectivity index (χ4n) is 7.55. The van der Waals surface area contributed by atoms with Crippen LogP contribution in [0.2, 0.25) is 0 Å². The van der Waals surface area contributed by atoms with Crippen LogP contribution in [0.4, 0.5) is 8.78 Å². The molecular weight excluding hydrogens is 586 g/mol. The van der Waals surface area contributed by atoms with Crippen LogP contribution in [0, 0.1) is 24.6 Å². The van der Waals surface area contributed by atoms with Gasteiger partial charge in [0, 0.05) is 55.8 Å². The van der Waals surface area contributed by atoms with Gasteiger partial charge in [0.25, 0.3) is 5.91 Å². The third kappa shape index (κ3) is 5.92. The van der Waals surface area contributed by atoms with E-state index in [1.807, 2.05) is 17.9 Å². The second-order valence-electron chi connectivity index (χ2n) is 14.3. The van der Waals surface area contributed by atoms with E-state index in [-0.39, 0.29) is 42.6 Å². The van der Waals surface area contributed by atoms with Gasteiger partial charge in [-0.25, -0.2) is 13.3 Å². The summed E-state index contributed by atoms with van der Waals surface area (Å²) in [7, 11) is 0. The molecule has 1 saturated carbocycles. The first-order chi connectivity index (χ1) is 22.0. The molecule has 2 atom stereocenters. The van der Waals surface area contributed by atoms with Gasteiger partial charge in [0.15, 0.2) is 0 Å². The topological polar surface area (TPSA) is 88.9 Å². The summed E-state index contributed by atoms with van der Waals surface area (Å²) in [5.74, 6) is 0.748. The van der Waals surface area contributed by atoms with Crippen LogP contribution in [0.3, 0.4) is 0 Å². The number of amides is 2. The second-order valence-corrected chi connectivity index (χ2v) is 14.3. The zero-order chi connectivity index (χ0) is 32.3. The Morgan fingerprint density at radius 1 is 1.04 bits per heavy atom. The number of fused-ring (bicyclic) bond motifs is 2. The SMILES string of the molecule is Cc1c(-c2cc3cc(F)cc(C4CCN(C(=O)CC(C)C)CC4)c3n2CC2CC2)nn2cc(C(=O)N3C[C@H](N)C[C@@H](F)C3)ccc12. The Kier molecular flexibility index (Phi) is 8.11. The van der Waals surface area contributed by atoms with Gasteiger partial charge < -0.3 is 20.1 Å². The van der Waals surface area contributed by atoms with Crippen LogP contribution in [-0.2, 0) is 11.3 Å². The summed E-state index contributed by atoms with van der Waals surface area (Å²) < 4.78 is 33.5. The van der Waals surface area contributed by atoms with Gasteiger partial charge in [-0.3, -0.25) is 9.59 Å². The molecule has 0 bridgehead atoms. The molecule has 3 aliphatic rings. The van der Waals surface area contributed by atoms with Crippen molar-refractivity contribution >= 4 is 28.2 Å². The van der Waals surface area contributed by atoms with Crippen molar-refractivity contribution in [3.63, 3.8) is 0 Å². The quantitative estimate of drug-likeness (QED) is 0.268. The summed E-state index contributed by atoms with van der Waals surface area (Å²) in [6.45, 7) is 8.74. The number of alkyl halides is 1. The Hall–Kier alpha value is -3.79. The highest BCUT2D eigenvalue weighted by molar-refractivity contribution is 5.95. The summed E-state index contributed by atoms with van der Waals surface area (Å²) in [4.78, 5) is 29.5. The minimum atomic E-state index is -1.13. The maximum absolute atomic E-state index is 15.2. The number of pyridine rings is 1. The number of carbonyl (C=O) groups is 2. The van der Waals surface area contributed by atoms with Crippen LogP contribution in [0.1, 0.15) is 79.8 Å². The van der Waals surface area contributed by atoms with E-state index in [1.54, 1.807) is 28.9 Å². The standard InChI is InChI=1S/C36H44F2N6O2/c1-21(2)12-33(45)41-10-8-24(9-11-41)30-16-27(37)13-26-14-32(43(35(26)30)17-23-4-5-23)34-22(3)31-7-6-25(18-44(31)40-34)36(46)42-19-28(38)15-29(39)20-42/h6-7,13-14,16,18,21,23-24,28-29H,4-5,8-12,15,17,19-20,39H2,1-3H3/t28-,29-/m1/s1. The number of likely N-dealkylation sites (tertiary alicyclic amines) is 2. The number of halogens is 2. The van der Waals surface area contributed by atoms with Gasteiger partial charge in [-0.15, -0.1) is 0 Å². The molecule has 7 rings (SSSR count). The number of piperidine rings is 2. The van der Waals surface area contributed by atoms with Gasteiger partial charge in [0.2, 0.25) is 5.91 Å². The molecular formula is C36H44F2N6O2. The first kappa shape index (κ1) is 30.8. The van der Waals surface area contributed by atoms with Gasteiger partial charge >= 0.3 is 0 Å². The van der Waals surface area contributed by atoms with Crippen molar-refractivity contribution in [2.24, 2.45) is 17.6 Å². The van der Waals surface area contributed by atoms with Crippen molar-refractivity contribution in [1.82, 2.24) is 24.0 Å². The molecule has 2 aliphatic heterocycles. The highest BCUT2D eigenvalue weighted by atomic mass is 19.1. The van der Waals surface area contributed by atoms with Crippen LogP contribution in [0.5, 0.6) is 0 Å². The lowest BCUT2D eigenvalue weighted by molar-refractivity contribution is -0.133. The summed E-state index contributed by atoms with van der Waals surface area (Å²) in [6, 6.07) is 8.67. The van der Waals surface area contributed by atoms with Crippen molar-refractivity contribution in [3.05, 3.63) is 59.0 Å². The fourth-order valence-corrected chi connectivity index (χ4v) is 7.55. The third-order valence-corrected chi connectivity index (χ3v) is 10.1. The van der Waals surface area contributed by atoms with E-state index < -0.39 is 6.17 Å². The van der Waals surface area contributed by atoms with Crippen LogP contribution in [0.15, 0.2) is 36.5 Å². The molecule has 2 amide bonds. The molecule has 0 spiro atoms. The molecule has 244 valence electrons. The molecule has 2 saturated heterocycles. The first-order valence-electron chi connectivity index (χ1n) is 16.8. The normalized spacial score (nSPS) is 21.2. The van der Waals surface area contributed by atoms with Gasteiger partial charge in [-0.2, -0.15) is 5.10 Å². The molecule has 0 radical (unpaired) electrons. The molecule has 1 aliphatic carbocycles. The number of nitrogens with two attached hydrogens (primary N) is 1. The minimum Gasteiger partial charge on any atom is -0.343 e. The number of aryl methyl sites for hydroxylation is 1. The maximum Gasteiger partial charge on any atom is 0.255 e. The third-order valence-electron chi connectivity index (χ3n) is 10.1. The Morgan fingerprint density at radius 3 is 2.50 bits per heavy atom. The lowest BCUT2D eigenvalue weighted by atomic mass is 9.87. The van der Waals surface area contributed by atoms with Gasteiger partial charge in [-0.05, 0) is 92.7 Å². The largest absolute Gasteiger partial charge is 0.343 e. The number of hydrogen-bond acceptors (Lipinski definition) is 4. The monoisotopic (exact) mass is 630 g/mol. The molecule has 10 heteroatoms. The maximum atomic E-state index is 15.2. The van der Waals surface area contributed by atoms with E-state index in [0.29, 0.717) is 43.5 Å². The lowest BCUT2D eigenvalue weighted by Crippen LogP contribution is -2.50. The zero-order valence-electron chi connectivity index (χ0n) is 27.0. The van der Waals surface area contributed by atoms with Gasteiger partial charge in [-0.1, -0.05) is 13.8 Å². The molecule has 2 N–H and O–H groups in total. The number of hydrogen-bond donors (Lipinski definition) is 1. The average Bonchev–Trinajstić information content (AvgIpc) is 3.69. The highest BCUT2D eigenvalue weighted by Gasteiger charge is 2.32. The van der Waals surface area contributed by atoms with Crippen molar-refractivity contribution in [2.45, 2.75) is 84.0 Å². The molecule has 3 aromatic heterocycles. The first-order valence-corrected chi connectivity index (χ1v) is 16.8. The van der Waals surface area contributed by atoms with Crippen molar-refractivity contribution in [3.8, 4) is 11.4 Å². The fraction of sp³-hybridized carbons (Fsp3) is 0.528. The van der Waals surface area contributed by atoms with Gasteiger partial charge in [0.1, 0.15) is 17.7 Å². The summed E-state index contributed by atoms with van der Waals surface area (Å²) >= 11 is 0. The number of carbonyl (C=O) groups excluding carboxylic acids is 2. The number of benzene rings is 1. The van der Waals surface area contributed by atoms with Crippen molar-refractivity contribution in [2.75, 3.05) is 26.2 Å². The van der Waals surface area contributed by atoms with Crippen LogP contribution >= 0.6 is 0 Å². The van der Waals surface area contributed by atoms with E-state index in [0.717, 1.165) is 58.3 Å². The molecule has 5 heterocycles. The number of rotatable bonds is 7. The Labute approximate surface area is 268 Å². The van der Waals surface area contributed by atoms with Gasteiger partial charge in [0.05, 0.1) is 28.8 Å². The lowest BCUT2D eigenvalue weighted by Gasteiger charge is -2.33. The van der Waals surface area contributed by atoms with Crippen LogP contribution in [-0.4, -0.2) is 74.2 Å². The second kappa shape index (κ2) is 12.1. The number of aromatic nitrogens is 3. The summed E-state index contributed by atoms with van der Waals surface area (Å²) in [5, 5.41) is 5.85. The highest BCUT2D eigenvalue weighted by Crippen LogP contribution is 2.41. The predicted molar refractivity (Wildman–Crippen MR) is 175 cm³/mol. The molecule has 1 aromatic carbocycles. The van der Waals surface area contributed by atoms with Crippen LogP contribution in [0.25, 0.3) is 27.8 Å². The van der Waals surface area contributed by atoms with E-state index in [1.165, 1.54) is 17.7 Å². The van der Waals surface area contributed by atoms with E-state index in [2.05, 4.69) is 24.5 Å². The molecule has 46 heavy (non-hydrogen) atoms. The molecule has 4 aromatic rings. The van der Waals surface area contributed by atoms with Crippen LogP contribution < -0.4 is 5.73 Å². The minimum absolute atomic E-state index is 0.0431. The Bertz CT molecular complexity index is 1790.